The van der Waals surface area contributed by atoms with Gasteiger partial charge in [0.2, 0.25) is 21.8 Å². The topological polar surface area (TPSA) is 86.8 Å². The van der Waals surface area contributed by atoms with Crippen molar-refractivity contribution < 1.29 is 18.0 Å². The summed E-state index contributed by atoms with van der Waals surface area (Å²) >= 11 is 6.97. The Morgan fingerprint density at radius 3 is 2.26 bits per heavy atom. The van der Waals surface area contributed by atoms with E-state index in [2.05, 4.69) is 37.2 Å². The third-order valence-electron chi connectivity index (χ3n) is 7.57. The largest absolute Gasteiger partial charge is 0.352 e. The maximum Gasteiger partial charge on any atom is 0.244 e. The third kappa shape index (κ3) is 8.91. The van der Waals surface area contributed by atoms with E-state index in [1.165, 1.54) is 4.90 Å². The highest BCUT2D eigenvalue weighted by Gasteiger charge is 2.34. The molecule has 0 radical (unpaired) electrons. The van der Waals surface area contributed by atoms with Gasteiger partial charge in [-0.15, -0.1) is 0 Å². The van der Waals surface area contributed by atoms with E-state index in [-0.39, 0.29) is 18.5 Å². The van der Waals surface area contributed by atoms with E-state index >= 15 is 0 Å². The van der Waals surface area contributed by atoms with Crippen LogP contribution in [0.1, 0.15) is 48.8 Å². The summed E-state index contributed by atoms with van der Waals surface area (Å²) in [4.78, 5) is 29.8. The lowest BCUT2D eigenvalue weighted by molar-refractivity contribution is -0.140. The van der Waals surface area contributed by atoms with E-state index in [9.17, 15) is 18.0 Å². The first-order chi connectivity index (χ1) is 20.0. The van der Waals surface area contributed by atoms with E-state index in [1.54, 1.807) is 18.2 Å². The van der Waals surface area contributed by atoms with Crippen LogP contribution in [-0.4, -0.2) is 50.0 Å². The Labute approximate surface area is 266 Å². The number of hydrogen-bond acceptors (Lipinski definition) is 4. The molecule has 1 N–H and O–H groups in total. The summed E-state index contributed by atoms with van der Waals surface area (Å²) in [5.74, 6) is -0.680. The molecule has 0 bridgehead atoms. The fraction of sp³-hybridized carbons (Fsp3) is 0.375. The molecular weight excluding hydrogens is 682 g/mol. The number of carbonyl (C=O) groups excluding carboxylic acids is 2. The van der Waals surface area contributed by atoms with Gasteiger partial charge in [0, 0.05) is 28.0 Å². The van der Waals surface area contributed by atoms with Crippen LogP contribution in [0.3, 0.4) is 0 Å². The van der Waals surface area contributed by atoms with Crippen LogP contribution in [0.15, 0.2) is 81.7 Å². The fourth-order valence-corrected chi connectivity index (χ4v) is 6.86. The summed E-state index contributed by atoms with van der Waals surface area (Å²) in [6, 6.07) is 21.6. The molecule has 1 atom stereocenters. The van der Waals surface area contributed by atoms with Crippen LogP contribution >= 0.6 is 31.9 Å². The van der Waals surface area contributed by atoms with Crippen molar-refractivity contribution in [1.82, 2.24) is 10.2 Å². The highest BCUT2D eigenvalue weighted by atomic mass is 79.9. The van der Waals surface area contributed by atoms with E-state index in [4.69, 9.17) is 0 Å². The van der Waals surface area contributed by atoms with Gasteiger partial charge in [-0.3, -0.25) is 13.9 Å². The molecule has 42 heavy (non-hydrogen) atoms. The number of amides is 2. The molecule has 0 aromatic heterocycles. The molecule has 4 rings (SSSR count). The van der Waals surface area contributed by atoms with Crippen molar-refractivity contribution in [2.45, 2.75) is 64.1 Å². The first-order valence-electron chi connectivity index (χ1n) is 14.1. The van der Waals surface area contributed by atoms with Gasteiger partial charge in [0.1, 0.15) is 12.6 Å². The SMILES string of the molecule is Cc1cc(N(CC(=O)N(Cc2cccc(Br)c2)[C@H](Cc2ccccc2)C(=O)NC2CCCCC2)S(C)(=O)=O)ccc1Br. The molecule has 3 aromatic carbocycles. The Bertz CT molecular complexity index is 1490. The standard InChI is InChI=1S/C32H37Br2N3O4S/c1-23-18-28(16-17-29(23)34)37(42(2,40)41)22-31(38)36(21-25-12-9-13-26(33)19-25)30(20-24-10-5-3-6-11-24)32(39)35-27-14-7-4-8-15-27/h3,5-6,9-13,16-19,27,30H,4,7-8,14-15,20-22H2,1-2H3,(H,35,39)/t30-/m1/s1. The molecule has 1 aliphatic rings. The van der Waals surface area contributed by atoms with Crippen LogP contribution in [0.5, 0.6) is 0 Å². The second-order valence-corrected chi connectivity index (χ2v) is 14.6. The zero-order valence-electron chi connectivity index (χ0n) is 23.9. The molecule has 0 spiro atoms. The number of rotatable bonds is 11. The van der Waals surface area contributed by atoms with Gasteiger partial charge in [0.15, 0.2) is 0 Å². The monoisotopic (exact) mass is 717 g/mol. The molecule has 0 unspecified atom stereocenters. The lowest BCUT2D eigenvalue weighted by atomic mass is 9.94. The summed E-state index contributed by atoms with van der Waals surface area (Å²) in [6.45, 7) is 1.57. The van der Waals surface area contributed by atoms with Crippen LogP contribution in [-0.2, 0) is 32.6 Å². The van der Waals surface area contributed by atoms with Crippen molar-refractivity contribution >= 4 is 59.4 Å². The van der Waals surface area contributed by atoms with Crippen LogP contribution in [0, 0.1) is 6.92 Å². The molecule has 1 fully saturated rings. The number of carbonyl (C=O) groups is 2. The first kappa shape index (κ1) is 32.2. The molecule has 10 heteroatoms. The third-order valence-corrected chi connectivity index (χ3v) is 10.1. The number of halogens is 2. The van der Waals surface area contributed by atoms with Gasteiger partial charge in [-0.05, 0) is 66.8 Å². The van der Waals surface area contributed by atoms with Crippen molar-refractivity contribution in [3.8, 4) is 0 Å². The minimum absolute atomic E-state index is 0.0607. The van der Waals surface area contributed by atoms with Crippen molar-refractivity contribution in [3.05, 3.63) is 98.4 Å². The van der Waals surface area contributed by atoms with E-state index in [0.717, 1.165) is 68.3 Å². The van der Waals surface area contributed by atoms with Gasteiger partial charge in [-0.25, -0.2) is 8.42 Å². The van der Waals surface area contributed by atoms with Crippen molar-refractivity contribution in [1.29, 1.82) is 0 Å². The zero-order chi connectivity index (χ0) is 30.3. The normalized spacial score (nSPS) is 14.7. The molecule has 1 aliphatic carbocycles. The number of aryl methyl sites for hydroxylation is 1. The molecular formula is C32H37Br2N3O4S. The number of nitrogens with zero attached hydrogens (tertiary/aromatic N) is 2. The molecule has 0 heterocycles. The number of nitrogens with one attached hydrogen (secondary N) is 1. The van der Waals surface area contributed by atoms with Gasteiger partial charge in [-0.2, -0.15) is 0 Å². The summed E-state index contributed by atoms with van der Waals surface area (Å²) in [7, 11) is -3.82. The van der Waals surface area contributed by atoms with Gasteiger partial charge >= 0.3 is 0 Å². The average Bonchev–Trinajstić information content (AvgIpc) is 2.95. The lowest BCUT2D eigenvalue weighted by Crippen LogP contribution is -2.55. The molecule has 2 amide bonds. The number of benzene rings is 3. The quantitative estimate of drug-likeness (QED) is 0.250. The van der Waals surface area contributed by atoms with Crippen LogP contribution in [0.4, 0.5) is 5.69 Å². The molecule has 1 saturated carbocycles. The predicted molar refractivity (Wildman–Crippen MR) is 175 cm³/mol. The van der Waals surface area contributed by atoms with Gasteiger partial charge in [0.05, 0.1) is 11.9 Å². The van der Waals surface area contributed by atoms with Crippen LogP contribution < -0.4 is 9.62 Å². The first-order valence-corrected chi connectivity index (χ1v) is 17.6. The van der Waals surface area contributed by atoms with Crippen molar-refractivity contribution in [2.24, 2.45) is 0 Å². The molecule has 224 valence electrons. The van der Waals surface area contributed by atoms with Crippen molar-refractivity contribution in [3.63, 3.8) is 0 Å². The maximum atomic E-state index is 14.3. The Morgan fingerprint density at radius 1 is 0.929 bits per heavy atom. The highest BCUT2D eigenvalue weighted by molar-refractivity contribution is 9.10. The molecule has 0 saturated heterocycles. The lowest BCUT2D eigenvalue weighted by Gasteiger charge is -2.35. The Hall–Kier alpha value is -2.69. The van der Waals surface area contributed by atoms with Crippen molar-refractivity contribution in [2.75, 3.05) is 17.1 Å². The minimum Gasteiger partial charge on any atom is -0.352 e. The van der Waals surface area contributed by atoms with E-state index < -0.39 is 28.5 Å². The van der Waals surface area contributed by atoms with Crippen LogP contribution in [0.25, 0.3) is 0 Å². The second-order valence-electron chi connectivity index (χ2n) is 10.9. The Balaban J connectivity index is 1.73. The summed E-state index contributed by atoms with van der Waals surface area (Å²) in [5, 5.41) is 3.22. The second kappa shape index (κ2) is 14.7. The van der Waals surface area contributed by atoms with Crippen LogP contribution in [0.2, 0.25) is 0 Å². The fourth-order valence-electron chi connectivity index (χ4n) is 5.33. The Morgan fingerprint density at radius 2 is 1.62 bits per heavy atom. The minimum atomic E-state index is -3.82. The van der Waals surface area contributed by atoms with Gasteiger partial charge in [0.25, 0.3) is 0 Å². The molecule has 0 aliphatic heterocycles. The number of sulfonamides is 1. The smallest absolute Gasteiger partial charge is 0.244 e. The summed E-state index contributed by atoms with van der Waals surface area (Å²) in [6.07, 6.45) is 6.49. The van der Waals surface area contributed by atoms with E-state index in [1.807, 2.05) is 61.5 Å². The highest BCUT2D eigenvalue weighted by Crippen LogP contribution is 2.26. The molecule has 7 nitrogen and oxygen atoms in total. The summed E-state index contributed by atoms with van der Waals surface area (Å²) < 4.78 is 28.8. The zero-order valence-corrected chi connectivity index (χ0v) is 27.9. The van der Waals surface area contributed by atoms with Gasteiger partial charge < -0.3 is 10.2 Å². The Kier molecular flexibility index (Phi) is 11.3. The van der Waals surface area contributed by atoms with E-state index in [0.29, 0.717) is 12.1 Å². The van der Waals surface area contributed by atoms with Gasteiger partial charge in [-0.1, -0.05) is 93.6 Å². The predicted octanol–water partition coefficient (Wildman–Crippen LogP) is 6.38. The number of anilines is 1. The maximum absolute atomic E-state index is 14.3. The molecule has 3 aromatic rings. The summed E-state index contributed by atoms with van der Waals surface area (Å²) in [5.41, 5.74) is 2.97. The average molecular weight is 720 g/mol. The number of hydrogen-bond donors (Lipinski definition) is 1.